The molecule has 1 aromatic carbocycles. The summed E-state index contributed by atoms with van der Waals surface area (Å²) in [5.41, 5.74) is 5.82. The minimum atomic E-state index is 0.418. The Morgan fingerprint density at radius 1 is 1.17 bits per heavy atom. The number of nitrogens with one attached hydrogen (secondary N) is 1. The van der Waals surface area contributed by atoms with E-state index in [1.165, 1.54) is 11.4 Å². The van der Waals surface area contributed by atoms with Gasteiger partial charge in [0.2, 0.25) is 0 Å². The molecule has 0 fully saturated rings. The van der Waals surface area contributed by atoms with Gasteiger partial charge < -0.3 is 10.2 Å². The molecule has 1 aliphatic heterocycles. The minimum Gasteiger partial charge on any atom is -0.388 e. The van der Waals surface area contributed by atoms with Crippen LogP contribution in [0.5, 0.6) is 0 Å². The molecule has 1 aromatic heterocycles. The molecule has 3 rings (SSSR count). The number of benzene rings is 1. The van der Waals surface area contributed by atoms with Crippen molar-refractivity contribution in [3.8, 4) is 11.3 Å². The monoisotopic (exact) mass is 322 g/mol. The first-order valence-corrected chi connectivity index (χ1v) is 8.63. The fraction of sp³-hybridized carbons (Fsp3) is 0.400. The molecular formula is C20H26N4. The highest BCUT2D eigenvalue weighted by atomic mass is 15.1. The minimum absolute atomic E-state index is 0.418. The van der Waals surface area contributed by atoms with Crippen LogP contribution in [0.1, 0.15) is 37.2 Å². The van der Waals surface area contributed by atoms with Gasteiger partial charge in [0, 0.05) is 49.2 Å². The lowest BCUT2D eigenvalue weighted by Gasteiger charge is -2.23. The lowest BCUT2D eigenvalue weighted by Crippen LogP contribution is -2.25. The van der Waals surface area contributed by atoms with Crippen molar-refractivity contribution in [2.75, 3.05) is 25.5 Å². The molecule has 0 aliphatic carbocycles. The van der Waals surface area contributed by atoms with E-state index in [-0.39, 0.29) is 0 Å². The van der Waals surface area contributed by atoms with Crippen LogP contribution in [-0.4, -0.2) is 30.6 Å². The van der Waals surface area contributed by atoms with Gasteiger partial charge in [0.15, 0.2) is 0 Å². The van der Waals surface area contributed by atoms with Crippen molar-refractivity contribution in [2.45, 2.75) is 32.6 Å². The molecule has 126 valence electrons. The molecule has 0 radical (unpaired) electrons. The van der Waals surface area contributed by atoms with Crippen LogP contribution < -0.4 is 10.2 Å². The summed E-state index contributed by atoms with van der Waals surface area (Å²) in [6, 6.07) is 10.7. The van der Waals surface area contributed by atoms with E-state index in [4.69, 9.17) is 4.98 Å². The molecule has 1 unspecified atom stereocenters. The number of aryl methyl sites for hydroxylation is 1. The second-order valence-electron chi connectivity index (χ2n) is 6.56. The number of anilines is 1. The highest BCUT2D eigenvalue weighted by Crippen LogP contribution is 2.27. The highest BCUT2D eigenvalue weighted by Gasteiger charge is 2.18. The van der Waals surface area contributed by atoms with E-state index in [1.807, 2.05) is 6.92 Å². The Balaban J connectivity index is 1.88. The molecule has 1 aliphatic rings. The maximum Gasteiger partial charge on any atom is 0.126 e. The van der Waals surface area contributed by atoms with Gasteiger partial charge in [-0.3, -0.25) is 0 Å². The quantitative estimate of drug-likeness (QED) is 0.927. The third-order valence-electron chi connectivity index (χ3n) is 4.56. The predicted molar refractivity (Wildman–Crippen MR) is 100 cm³/mol. The fourth-order valence-corrected chi connectivity index (χ4v) is 3.07. The summed E-state index contributed by atoms with van der Waals surface area (Å²) in [7, 11) is 4.10. The van der Waals surface area contributed by atoms with Gasteiger partial charge in [0.25, 0.3) is 0 Å². The zero-order chi connectivity index (χ0) is 17.1. The predicted octanol–water partition coefficient (Wildman–Crippen LogP) is 3.89. The number of nitrogens with zero attached hydrogens (tertiary/aromatic N) is 3. The lowest BCUT2D eigenvalue weighted by molar-refractivity contribution is 0.574. The van der Waals surface area contributed by atoms with Crippen LogP contribution in [-0.2, 0) is 0 Å². The van der Waals surface area contributed by atoms with E-state index < -0.39 is 0 Å². The Hall–Kier alpha value is -2.36. The normalized spacial score (nSPS) is 17.2. The van der Waals surface area contributed by atoms with E-state index in [2.05, 4.69) is 72.6 Å². The maximum atomic E-state index is 4.69. The molecular weight excluding hydrogens is 296 g/mol. The maximum absolute atomic E-state index is 4.69. The van der Waals surface area contributed by atoms with Gasteiger partial charge in [-0.05, 0) is 38.0 Å². The second-order valence-corrected chi connectivity index (χ2v) is 6.56. The second kappa shape index (κ2) is 7.04. The Morgan fingerprint density at radius 3 is 2.50 bits per heavy atom. The Morgan fingerprint density at radius 2 is 1.92 bits per heavy atom. The van der Waals surface area contributed by atoms with Crippen molar-refractivity contribution < 1.29 is 0 Å². The summed E-state index contributed by atoms with van der Waals surface area (Å²) in [6.45, 7) is 5.11. The van der Waals surface area contributed by atoms with Gasteiger partial charge in [-0.25, -0.2) is 9.97 Å². The largest absolute Gasteiger partial charge is 0.388 e. The Kier molecular flexibility index (Phi) is 4.84. The van der Waals surface area contributed by atoms with Crippen LogP contribution in [0.25, 0.3) is 11.3 Å². The summed E-state index contributed by atoms with van der Waals surface area (Å²) in [5.74, 6) is 1.26. The van der Waals surface area contributed by atoms with Crippen LogP contribution in [0.15, 0.2) is 42.1 Å². The molecule has 0 saturated carbocycles. The van der Waals surface area contributed by atoms with Gasteiger partial charge in [0.05, 0.1) is 5.69 Å². The molecule has 24 heavy (non-hydrogen) atoms. The average molecular weight is 322 g/mol. The van der Waals surface area contributed by atoms with E-state index in [0.29, 0.717) is 5.92 Å². The van der Waals surface area contributed by atoms with Crippen LogP contribution in [0, 0.1) is 6.92 Å². The highest BCUT2D eigenvalue weighted by molar-refractivity contribution is 5.63. The van der Waals surface area contributed by atoms with Crippen LogP contribution in [0.3, 0.4) is 0 Å². The fourth-order valence-electron chi connectivity index (χ4n) is 3.07. The summed E-state index contributed by atoms with van der Waals surface area (Å²) < 4.78 is 0. The number of hydrogen-bond acceptors (Lipinski definition) is 4. The molecule has 4 heteroatoms. The van der Waals surface area contributed by atoms with E-state index >= 15 is 0 Å². The van der Waals surface area contributed by atoms with Crippen LogP contribution in [0.4, 0.5) is 5.69 Å². The van der Waals surface area contributed by atoms with Crippen LogP contribution in [0.2, 0.25) is 0 Å². The SMILES string of the molecule is CCC1=CCC(c2cc(-c3ccc(N(C)C)cc3)nc(C)n2)CN1. The first-order valence-electron chi connectivity index (χ1n) is 8.63. The van der Waals surface area contributed by atoms with Gasteiger partial charge in [-0.1, -0.05) is 25.1 Å². The third-order valence-corrected chi connectivity index (χ3v) is 4.56. The first kappa shape index (κ1) is 16.5. The average Bonchev–Trinajstić information content (AvgIpc) is 2.61. The number of allylic oxidation sites excluding steroid dienone is 2. The van der Waals surface area contributed by atoms with E-state index in [9.17, 15) is 0 Å². The van der Waals surface area contributed by atoms with Crippen molar-refractivity contribution in [1.29, 1.82) is 0 Å². The standard InChI is InChI=1S/C20H26N4/c1-5-17-9-6-16(13-21-17)20-12-19(22-14(2)23-20)15-7-10-18(11-8-15)24(3)4/h7-12,16,21H,5-6,13H2,1-4H3. The van der Waals surface area contributed by atoms with Crippen LogP contribution >= 0.6 is 0 Å². The van der Waals surface area contributed by atoms with Crippen molar-refractivity contribution >= 4 is 5.69 Å². The zero-order valence-electron chi connectivity index (χ0n) is 15.0. The molecule has 2 heterocycles. The summed E-state index contributed by atoms with van der Waals surface area (Å²) >= 11 is 0. The van der Waals surface area contributed by atoms with E-state index in [0.717, 1.165) is 42.2 Å². The molecule has 1 N–H and O–H groups in total. The lowest BCUT2D eigenvalue weighted by atomic mass is 9.95. The number of hydrogen-bond donors (Lipinski definition) is 1. The van der Waals surface area contributed by atoms with Crippen molar-refractivity contribution in [1.82, 2.24) is 15.3 Å². The number of rotatable bonds is 4. The van der Waals surface area contributed by atoms with Gasteiger partial charge in [0.1, 0.15) is 5.82 Å². The van der Waals surface area contributed by atoms with Crippen molar-refractivity contribution in [3.05, 3.63) is 53.6 Å². The molecule has 0 amide bonds. The number of aromatic nitrogens is 2. The molecule has 0 spiro atoms. The summed E-state index contributed by atoms with van der Waals surface area (Å²) in [6.07, 6.45) is 4.42. The first-order chi connectivity index (χ1) is 11.6. The Bertz CT molecular complexity index is 732. The van der Waals surface area contributed by atoms with Gasteiger partial charge in [-0.15, -0.1) is 0 Å². The molecule has 4 nitrogen and oxygen atoms in total. The van der Waals surface area contributed by atoms with E-state index in [1.54, 1.807) is 0 Å². The molecule has 0 bridgehead atoms. The van der Waals surface area contributed by atoms with Crippen molar-refractivity contribution in [3.63, 3.8) is 0 Å². The van der Waals surface area contributed by atoms with Gasteiger partial charge >= 0.3 is 0 Å². The topological polar surface area (TPSA) is 41.1 Å². The Labute approximate surface area is 144 Å². The molecule has 1 atom stereocenters. The molecule has 0 saturated heterocycles. The van der Waals surface area contributed by atoms with Crippen molar-refractivity contribution in [2.24, 2.45) is 0 Å². The zero-order valence-corrected chi connectivity index (χ0v) is 15.0. The smallest absolute Gasteiger partial charge is 0.126 e. The molecule has 2 aromatic rings. The van der Waals surface area contributed by atoms with Gasteiger partial charge in [-0.2, -0.15) is 0 Å². The third kappa shape index (κ3) is 3.58. The summed E-state index contributed by atoms with van der Waals surface area (Å²) in [4.78, 5) is 11.4. The summed E-state index contributed by atoms with van der Waals surface area (Å²) in [5, 5.41) is 3.51.